The van der Waals surface area contributed by atoms with Gasteiger partial charge < -0.3 is 15.2 Å². The van der Waals surface area contributed by atoms with Crippen molar-refractivity contribution in [1.29, 1.82) is 0 Å². The number of halogens is 3. The quantitative estimate of drug-likeness (QED) is 0.745. The van der Waals surface area contributed by atoms with Crippen molar-refractivity contribution in [3.63, 3.8) is 0 Å². The van der Waals surface area contributed by atoms with Crippen LogP contribution in [0.5, 0.6) is 11.5 Å². The number of hydrogen-bond acceptors (Lipinski definition) is 6. The number of alkyl halides is 3. The molecule has 3 rings (SSSR count). The van der Waals surface area contributed by atoms with Crippen LogP contribution < -0.4 is 15.2 Å². The third kappa shape index (κ3) is 4.89. The lowest BCUT2D eigenvalue weighted by atomic mass is 10.1. The predicted octanol–water partition coefficient (Wildman–Crippen LogP) is 4.25. The summed E-state index contributed by atoms with van der Waals surface area (Å²) in [5, 5.41) is 5.45. The molecular weight excluding hydrogens is 395 g/mol. The largest absolute Gasteiger partial charge is 0.573 e. The highest BCUT2D eigenvalue weighted by molar-refractivity contribution is 8.14. The second kappa shape index (κ2) is 8.01. The van der Waals surface area contributed by atoms with Crippen molar-refractivity contribution in [3.8, 4) is 11.5 Å². The van der Waals surface area contributed by atoms with Crippen molar-refractivity contribution in [3.05, 3.63) is 53.6 Å². The zero-order valence-corrected chi connectivity index (χ0v) is 15.5. The maximum absolute atomic E-state index is 12.5. The van der Waals surface area contributed by atoms with E-state index in [0.29, 0.717) is 22.7 Å². The summed E-state index contributed by atoms with van der Waals surface area (Å²) in [5.41, 5.74) is 8.19. The molecule has 2 N–H and O–H groups in total. The van der Waals surface area contributed by atoms with E-state index in [4.69, 9.17) is 10.5 Å². The van der Waals surface area contributed by atoms with Crippen molar-refractivity contribution in [1.82, 2.24) is 5.01 Å². The van der Waals surface area contributed by atoms with E-state index in [1.54, 1.807) is 24.3 Å². The molecule has 1 aliphatic rings. The van der Waals surface area contributed by atoms with Crippen molar-refractivity contribution < 1.29 is 27.4 Å². The number of carbonyl (C=O) groups excluding carboxylic acids is 1. The molecule has 0 atom stereocenters. The van der Waals surface area contributed by atoms with Crippen LogP contribution in [-0.4, -0.2) is 35.2 Å². The minimum absolute atomic E-state index is 0.0792. The Balaban J connectivity index is 1.85. The third-order valence-corrected chi connectivity index (χ3v) is 4.69. The fourth-order valence-electron chi connectivity index (χ4n) is 2.51. The van der Waals surface area contributed by atoms with Crippen LogP contribution in [0.3, 0.4) is 0 Å². The van der Waals surface area contributed by atoms with Crippen LogP contribution in [0.15, 0.2) is 47.6 Å². The molecule has 0 aromatic heterocycles. The van der Waals surface area contributed by atoms with Crippen LogP contribution in [0, 0.1) is 0 Å². The summed E-state index contributed by atoms with van der Waals surface area (Å²) in [6.07, 6.45) is -4.82. The first kappa shape index (κ1) is 19.9. The number of hydrogen-bond donors (Lipinski definition) is 1. The van der Waals surface area contributed by atoms with Crippen LogP contribution in [0.25, 0.3) is 0 Å². The Labute approximate surface area is 163 Å². The lowest BCUT2D eigenvalue weighted by Gasteiger charge is -2.23. The van der Waals surface area contributed by atoms with Gasteiger partial charge in [0, 0.05) is 17.0 Å². The highest BCUT2D eigenvalue weighted by atomic mass is 32.2. The van der Waals surface area contributed by atoms with Gasteiger partial charge in [-0.25, -0.2) is 5.01 Å². The minimum Gasteiger partial charge on any atom is -0.493 e. The number of carbonyl (C=O) groups is 1. The summed E-state index contributed by atoms with van der Waals surface area (Å²) in [7, 11) is 1.25. The SMILES string of the molecule is COc1cc(C2=NN(Cc3ccc(N)cc3)C(=O)SC2)ccc1OC(F)(F)F. The van der Waals surface area contributed by atoms with Gasteiger partial charge in [0.25, 0.3) is 0 Å². The van der Waals surface area contributed by atoms with Gasteiger partial charge in [-0.15, -0.1) is 13.2 Å². The number of nitrogens with zero attached hydrogens (tertiary/aromatic N) is 2. The van der Waals surface area contributed by atoms with Gasteiger partial charge in [-0.1, -0.05) is 23.9 Å². The molecule has 2 aromatic rings. The van der Waals surface area contributed by atoms with Gasteiger partial charge in [0.05, 0.1) is 19.4 Å². The Morgan fingerprint density at radius 3 is 2.54 bits per heavy atom. The second-order valence-corrected chi connectivity index (χ2v) is 6.74. The Morgan fingerprint density at radius 2 is 1.89 bits per heavy atom. The number of hydrazone groups is 1. The molecule has 1 heterocycles. The maximum atomic E-state index is 12.5. The van der Waals surface area contributed by atoms with Gasteiger partial charge in [-0.2, -0.15) is 5.10 Å². The number of ether oxygens (including phenoxy) is 2. The number of anilines is 1. The lowest BCUT2D eigenvalue weighted by molar-refractivity contribution is -0.275. The van der Waals surface area contributed by atoms with Gasteiger partial charge in [-0.3, -0.25) is 4.79 Å². The molecule has 0 aliphatic carbocycles. The fourth-order valence-corrected chi connectivity index (χ4v) is 3.25. The van der Waals surface area contributed by atoms with E-state index in [-0.39, 0.29) is 17.5 Å². The van der Waals surface area contributed by atoms with Crippen molar-refractivity contribution in [2.75, 3.05) is 18.6 Å². The molecule has 0 radical (unpaired) electrons. The summed E-state index contributed by atoms with van der Waals surface area (Å²) in [6, 6.07) is 11.1. The van der Waals surface area contributed by atoms with Crippen LogP contribution in [0.1, 0.15) is 11.1 Å². The normalized spacial score (nSPS) is 14.6. The van der Waals surface area contributed by atoms with Crippen LogP contribution in [-0.2, 0) is 6.54 Å². The summed E-state index contributed by atoms with van der Waals surface area (Å²) >= 11 is 1.06. The van der Waals surface area contributed by atoms with Crippen LogP contribution in [0.2, 0.25) is 0 Å². The van der Waals surface area contributed by atoms with Crippen molar-refractivity contribution in [2.45, 2.75) is 12.9 Å². The summed E-state index contributed by atoms with van der Waals surface area (Å²) in [5.74, 6) is -0.234. The zero-order chi connectivity index (χ0) is 20.3. The zero-order valence-electron chi connectivity index (χ0n) is 14.7. The first-order chi connectivity index (χ1) is 13.2. The van der Waals surface area contributed by atoms with Gasteiger partial charge in [0.1, 0.15) is 0 Å². The summed E-state index contributed by atoms with van der Waals surface area (Å²) in [6.45, 7) is 0.252. The van der Waals surface area contributed by atoms with Gasteiger partial charge in [0.2, 0.25) is 0 Å². The molecule has 1 amide bonds. The number of methoxy groups -OCH3 is 1. The first-order valence-corrected chi connectivity index (χ1v) is 9.04. The van der Waals surface area contributed by atoms with E-state index < -0.39 is 12.1 Å². The number of amides is 1. The molecule has 28 heavy (non-hydrogen) atoms. The van der Waals surface area contributed by atoms with E-state index in [2.05, 4.69) is 9.84 Å². The number of thioether (sulfide) groups is 1. The molecule has 0 saturated heterocycles. The smallest absolute Gasteiger partial charge is 0.493 e. The van der Waals surface area contributed by atoms with E-state index in [1.807, 2.05) is 0 Å². The Hall–Kier alpha value is -2.88. The van der Waals surface area contributed by atoms with Gasteiger partial charge in [-0.05, 0) is 35.9 Å². The molecule has 0 unspecified atom stereocenters. The Kier molecular flexibility index (Phi) is 5.68. The van der Waals surface area contributed by atoms with E-state index in [9.17, 15) is 18.0 Å². The predicted molar refractivity (Wildman–Crippen MR) is 100 cm³/mol. The Bertz CT molecular complexity index is 901. The monoisotopic (exact) mass is 411 g/mol. The average Bonchev–Trinajstić information content (AvgIpc) is 2.64. The first-order valence-electron chi connectivity index (χ1n) is 8.05. The second-order valence-electron chi connectivity index (χ2n) is 5.81. The maximum Gasteiger partial charge on any atom is 0.573 e. The lowest BCUT2D eigenvalue weighted by Crippen LogP contribution is -2.29. The topological polar surface area (TPSA) is 77.1 Å². The van der Waals surface area contributed by atoms with Gasteiger partial charge >= 0.3 is 11.6 Å². The molecule has 10 heteroatoms. The van der Waals surface area contributed by atoms with E-state index in [1.165, 1.54) is 24.3 Å². The molecule has 0 saturated carbocycles. The number of nitrogens with two attached hydrogens (primary N) is 1. The molecule has 6 nitrogen and oxygen atoms in total. The van der Waals surface area contributed by atoms with E-state index in [0.717, 1.165) is 23.4 Å². The molecule has 0 bridgehead atoms. The van der Waals surface area contributed by atoms with E-state index >= 15 is 0 Å². The van der Waals surface area contributed by atoms with Crippen molar-refractivity contribution >= 4 is 28.4 Å². The fraction of sp³-hybridized carbons (Fsp3) is 0.222. The molecule has 148 valence electrons. The third-order valence-electron chi connectivity index (χ3n) is 3.82. The van der Waals surface area contributed by atoms with Crippen LogP contribution in [0.4, 0.5) is 23.7 Å². The molecular formula is C18H16F3N3O3S. The molecule has 0 fully saturated rings. The van der Waals surface area contributed by atoms with Crippen LogP contribution >= 0.6 is 11.8 Å². The number of benzene rings is 2. The van der Waals surface area contributed by atoms with Gasteiger partial charge in [0.15, 0.2) is 11.5 Å². The molecule has 1 aliphatic heterocycles. The number of rotatable bonds is 5. The average molecular weight is 411 g/mol. The Morgan fingerprint density at radius 1 is 1.18 bits per heavy atom. The molecule has 0 spiro atoms. The van der Waals surface area contributed by atoms with Crippen molar-refractivity contribution in [2.24, 2.45) is 5.10 Å². The number of nitrogen functional groups attached to an aromatic ring is 1. The minimum atomic E-state index is -4.82. The highest BCUT2D eigenvalue weighted by Crippen LogP contribution is 2.34. The standard InChI is InChI=1S/C18H16F3N3O3S/c1-26-16-8-12(4-7-15(16)27-18(19,20)21)14-10-28-17(25)24(23-14)9-11-2-5-13(22)6-3-11/h2-8H,9-10,22H2,1H3. The summed E-state index contributed by atoms with van der Waals surface area (Å²) in [4.78, 5) is 12.2. The highest BCUT2D eigenvalue weighted by Gasteiger charge is 2.32. The molecule has 2 aromatic carbocycles. The summed E-state index contributed by atoms with van der Waals surface area (Å²) < 4.78 is 46.4.